The van der Waals surface area contributed by atoms with Crippen molar-refractivity contribution in [2.45, 2.75) is 6.92 Å². The normalized spacial score (nSPS) is 10.2. The molecule has 5 nitrogen and oxygen atoms in total. The number of anilines is 1. The fourth-order valence-electron chi connectivity index (χ4n) is 1.34. The highest BCUT2D eigenvalue weighted by atomic mass is 16.5. The summed E-state index contributed by atoms with van der Waals surface area (Å²) >= 11 is 0. The summed E-state index contributed by atoms with van der Waals surface area (Å²) in [7, 11) is 1.33. The number of esters is 2. The molecule has 0 aliphatic rings. The highest BCUT2D eigenvalue weighted by Gasteiger charge is 2.04. The van der Waals surface area contributed by atoms with Crippen LogP contribution in [-0.2, 0) is 14.3 Å². The molecular formula is C14H17NO4. The average Bonchev–Trinajstić information content (AvgIpc) is 2.44. The zero-order valence-corrected chi connectivity index (χ0v) is 11.0. The van der Waals surface area contributed by atoms with Gasteiger partial charge in [0.05, 0.1) is 19.3 Å². The maximum Gasteiger partial charge on any atom is 0.338 e. The molecule has 1 N–H and O–H groups in total. The SMILES string of the molecule is CCOC(=O)c1ccc(NCC=CC(=O)OC)cc1. The van der Waals surface area contributed by atoms with Crippen molar-refractivity contribution in [2.24, 2.45) is 0 Å². The van der Waals surface area contributed by atoms with Crippen molar-refractivity contribution in [1.29, 1.82) is 0 Å². The molecule has 1 aromatic rings. The Labute approximate surface area is 112 Å². The smallest absolute Gasteiger partial charge is 0.338 e. The lowest BCUT2D eigenvalue weighted by molar-refractivity contribution is -0.134. The zero-order valence-electron chi connectivity index (χ0n) is 11.0. The van der Waals surface area contributed by atoms with Gasteiger partial charge in [-0.2, -0.15) is 0 Å². The third kappa shape index (κ3) is 5.25. The molecule has 0 saturated heterocycles. The van der Waals surface area contributed by atoms with Crippen molar-refractivity contribution in [1.82, 2.24) is 0 Å². The fourth-order valence-corrected chi connectivity index (χ4v) is 1.34. The lowest BCUT2D eigenvalue weighted by atomic mass is 10.2. The van der Waals surface area contributed by atoms with Crippen molar-refractivity contribution in [3.63, 3.8) is 0 Å². The Balaban J connectivity index is 2.46. The number of nitrogens with one attached hydrogen (secondary N) is 1. The number of hydrogen-bond donors (Lipinski definition) is 1. The van der Waals surface area contributed by atoms with Crippen LogP contribution < -0.4 is 5.32 Å². The number of benzene rings is 1. The van der Waals surface area contributed by atoms with E-state index in [2.05, 4.69) is 10.1 Å². The number of carbonyl (C=O) groups is 2. The predicted molar refractivity (Wildman–Crippen MR) is 72.0 cm³/mol. The van der Waals surface area contributed by atoms with Crippen LogP contribution in [0.25, 0.3) is 0 Å². The summed E-state index contributed by atoms with van der Waals surface area (Å²) in [6, 6.07) is 6.92. The summed E-state index contributed by atoms with van der Waals surface area (Å²) in [6.45, 7) is 2.62. The zero-order chi connectivity index (χ0) is 14.1. The topological polar surface area (TPSA) is 64.6 Å². The minimum absolute atomic E-state index is 0.334. The second kappa shape index (κ2) is 7.92. The van der Waals surface area contributed by atoms with Crippen LogP contribution in [0.15, 0.2) is 36.4 Å². The maximum atomic E-state index is 11.4. The predicted octanol–water partition coefficient (Wildman–Crippen LogP) is 2.00. The van der Waals surface area contributed by atoms with E-state index < -0.39 is 0 Å². The summed E-state index contributed by atoms with van der Waals surface area (Å²) in [5, 5.41) is 3.08. The van der Waals surface area contributed by atoms with Crippen molar-refractivity contribution in [3.8, 4) is 0 Å². The minimum Gasteiger partial charge on any atom is -0.466 e. The fraction of sp³-hybridized carbons (Fsp3) is 0.286. The summed E-state index contributed by atoms with van der Waals surface area (Å²) < 4.78 is 9.35. The standard InChI is InChI=1S/C14H17NO4/c1-3-19-14(17)11-6-8-12(9-7-11)15-10-4-5-13(16)18-2/h4-9,15H,3,10H2,1-2H3. The van der Waals surface area contributed by atoms with Gasteiger partial charge in [0, 0.05) is 18.3 Å². The monoisotopic (exact) mass is 263 g/mol. The van der Waals surface area contributed by atoms with Crippen molar-refractivity contribution in [3.05, 3.63) is 42.0 Å². The Morgan fingerprint density at radius 2 is 1.95 bits per heavy atom. The third-order valence-electron chi connectivity index (χ3n) is 2.28. The van der Waals surface area contributed by atoms with Crippen LogP contribution in [0.3, 0.4) is 0 Å². The van der Waals surface area contributed by atoms with E-state index in [0.717, 1.165) is 5.69 Å². The lowest BCUT2D eigenvalue weighted by Crippen LogP contribution is -2.05. The summed E-state index contributed by atoms with van der Waals surface area (Å²) in [5.74, 6) is -0.723. The Hall–Kier alpha value is -2.30. The van der Waals surface area contributed by atoms with Crippen LogP contribution in [0.2, 0.25) is 0 Å². The highest BCUT2D eigenvalue weighted by Crippen LogP contribution is 2.10. The molecular weight excluding hydrogens is 246 g/mol. The number of carbonyl (C=O) groups excluding carboxylic acids is 2. The Bertz CT molecular complexity index is 451. The van der Waals surface area contributed by atoms with E-state index in [9.17, 15) is 9.59 Å². The molecule has 0 bridgehead atoms. The van der Waals surface area contributed by atoms with Gasteiger partial charge in [-0.1, -0.05) is 6.08 Å². The Kier molecular flexibility index (Phi) is 6.15. The first-order valence-electron chi connectivity index (χ1n) is 5.93. The van der Waals surface area contributed by atoms with E-state index in [-0.39, 0.29) is 11.9 Å². The van der Waals surface area contributed by atoms with Crippen molar-refractivity contribution < 1.29 is 19.1 Å². The van der Waals surface area contributed by atoms with E-state index in [0.29, 0.717) is 18.7 Å². The largest absolute Gasteiger partial charge is 0.466 e. The molecule has 0 radical (unpaired) electrons. The molecule has 0 aromatic heterocycles. The molecule has 0 aliphatic heterocycles. The second-order valence-electron chi connectivity index (χ2n) is 3.60. The molecule has 1 aromatic carbocycles. The van der Waals surface area contributed by atoms with Gasteiger partial charge in [0.1, 0.15) is 0 Å². The van der Waals surface area contributed by atoms with Crippen LogP contribution in [0.1, 0.15) is 17.3 Å². The molecule has 1 rings (SSSR count). The van der Waals surface area contributed by atoms with Gasteiger partial charge >= 0.3 is 11.9 Å². The van der Waals surface area contributed by atoms with Gasteiger partial charge in [0.2, 0.25) is 0 Å². The van der Waals surface area contributed by atoms with Gasteiger partial charge < -0.3 is 14.8 Å². The van der Waals surface area contributed by atoms with Crippen molar-refractivity contribution in [2.75, 3.05) is 25.6 Å². The minimum atomic E-state index is -0.389. The van der Waals surface area contributed by atoms with E-state index in [1.165, 1.54) is 13.2 Å². The Morgan fingerprint density at radius 1 is 1.26 bits per heavy atom. The maximum absolute atomic E-state index is 11.4. The molecule has 0 heterocycles. The van der Waals surface area contributed by atoms with Crippen LogP contribution in [0.5, 0.6) is 0 Å². The van der Waals surface area contributed by atoms with Crippen LogP contribution in [0.4, 0.5) is 5.69 Å². The first kappa shape index (κ1) is 14.8. The van der Waals surface area contributed by atoms with Gasteiger partial charge in [0.25, 0.3) is 0 Å². The van der Waals surface area contributed by atoms with E-state index in [1.54, 1.807) is 37.3 Å². The quantitative estimate of drug-likeness (QED) is 0.628. The molecule has 0 saturated carbocycles. The van der Waals surface area contributed by atoms with Gasteiger partial charge in [-0.15, -0.1) is 0 Å². The molecule has 5 heteroatoms. The molecule has 0 fully saturated rings. The summed E-state index contributed by atoms with van der Waals surface area (Å²) in [4.78, 5) is 22.2. The molecule has 0 aliphatic carbocycles. The van der Waals surface area contributed by atoms with Crippen LogP contribution in [-0.4, -0.2) is 32.2 Å². The van der Waals surface area contributed by atoms with Crippen LogP contribution >= 0.6 is 0 Å². The summed E-state index contributed by atoms with van der Waals surface area (Å²) in [5.41, 5.74) is 1.36. The van der Waals surface area contributed by atoms with Gasteiger partial charge in [0.15, 0.2) is 0 Å². The van der Waals surface area contributed by atoms with Crippen molar-refractivity contribution >= 4 is 17.6 Å². The van der Waals surface area contributed by atoms with E-state index in [1.807, 2.05) is 0 Å². The molecule has 19 heavy (non-hydrogen) atoms. The first-order chi connectivity index (χ1) is 9.17. The Morgan fingerprint density at radius 3 is 2.53 bits per heavy atom. The highest BCUT2D eigenvalue weighted by molar-refractivity contribution is 5.89. The summed E-state index contributed by atoms with van der Waals surface area (Å²) in [6.07, 6.45) is 3.01. The van der Waals surface area contributed by atoms with Gasteiger partial charge in [-0.05, 0) is 31.2 Å². The molecule has 0 unspecified atom stereocenters. The van der Waals surface area contributed by atoms with Gasteiger partial charge in [-0.3, -0.25) is 0 Å². The number of hydrogen-bond acceptors (Lipinski definition) is 5. The first-order valence-corrected chi connectivity index (χ1v) is 5.93. The number of rotatable bonds is 6. The lowest BCUT2D eigenvalue weighted by Gasteiger charge is -2.05. The van der Waals surface area contributed by atoms with Gasteiger partial charge in [-0.25, -0.2) is 9.59 Å². The molecule has 0 atom stereocenters. The molecule has 0 spiro atoms. The second-order valence-corrected chi connectivity index (χ2v) is 3.60. The number of ether oxygens (including phenoxy) is 2. The average molecular weight is 263 g/mol. The number of methoxy groups -OCH3 is 1. The third-order valence-corrected chi connectivity index (χ3v) is 2.28. The van der Waals surface area contributed by atoms with E-state index in [4.69, 9.17) is 4.74 Å². The van der Waals surface area contributed by atoms with E-state index >= 15 is 0 Å². The van der Waals surface area contributed by atoms with Crippen LogP contribution in [0, 0.1) is 0 Å². The molecule has 102 valence electrons. The molecule has 0 amide bonds.